The maximum Gasteiger partial charge on any atom is 0.238 e. The minimum atomic E-state index is -0.399. The van der Waals surface area contributed by atoms with Crippen molar-refractivity contribution >= 4 is 17.3 Å². The lowest BCUT2D eigenvalue weighted by molar-refractivity contribution is -0.117. The van der Waals surface area contributed by atoms with Gasteiger partial charge in [0.25, 0.3) is 0 Å². The molecule has 1 atom stereocenters. The van der Waals surface area contributed by atoms with Crippen molar-refractivity contribution in [2.45, 2.75) is 45.1 Å². The fourth-order valence-corrected chi connectivity index (χ4v) is 2.93. The van der Waals surface area contributed by atoms with Crippen molar-refractivity contribution in [3.63, 3.8) is 0 Å². The van der Waals surface area contributed by atoms with E-state index in [-0.39, 0.29) is 11.6 Å². The first-order valence-corrected chi connectivity index (χ1v) is 7.69. The van der Waals surface area contributed by atoms with Gasteiger partial charge in [0, 0.05) is 6.04 Å². The van der Waals surface area contributed by atoms with E-state index in [9.17, 15) is 9.18 Å². The van der Waals surface area contributed by atoms with Crippen LogP contribution in [0.2, 0.25) is 0 Å². The Balaban J connectivity index is 1.96. The highest BCUT2D eigenvalue weighted by molar-refractivity contribution is 5.95. The third-order valence-corrected chi connectivity index (χ3v) is 4.10. The van der Waals surface area contributed by atoms with E-state index in [0.29, 0.717) is 18.3 Å². The molecule has 1 aliphatic heterocycles. The van der Waals surface area contributed by atoms with Crippen LogP contribution < -0.4 is 11.1 Å². The van der Waals surface area contributed by atoms with Crippen LogP contribution in [-0.2, 0) is 4.79 Å². The first-order valence-electron chi connectivity index (χ1n) is 7.69. The van der Waals surface area contributed by atoms with Gasteiger partial charge in [0.1, 0.15) is 5.82 Å². The fourth-order valence-electron chi connectivity index (χ4n) is 2.93. The smallest absolute Gasteiger partial charge is 0.238 e. The number of likely N-dealkylation sites (tertiary alicyclic amines) is 1. The standard InChI is InChI=1S/C16H24FN3O/c1-2-13-6-4-3-5-9-20(13)11-16(21)19-15-8-7-12(17)10-14(15)18/h7-8,10,13H,2-6,9,11,18H2,1H3,(H,19,21). The Morgan fingerprint density at radius 3 is 2.95 bits per heavy atom. The molecule has 21 heavy (non-hydrogen) atoms. The topological polar surface area (TPSA) is 58.4 Å². The molecule has 5 heteroatoms. The molecule has 1 aromatic rings. The second-order valence-electron chi connectivity index (χ2n) is 5.66. The molecule has 3 N–H and O–H groups in total. The summed E-state index contributed by atoms with van der Waals surface area (Å²) in [5, 5.41) is 2.78. The average molecular weight is 293 g/mol. The van der Waals surface area contributed by atoms with Crippen LogP contribution >= 0.6 is 0 Å². The molecule has 1 fully saturated rings. The Morgan fingerprint density at radius 1 is 1.43 bits per heavy atom. The maximum atomic E-state index is 13.0. The number of benzene rings is 1. The molecular formula is C16H24FN3O. The van der Waals surface area contributed by atoms with E-state index in [2.05, 4.69) is 17.1 Å². The van der Waals surface area contributed by atoms with Gasteiger partial charge in [-0.1, -0.05) is 19.8 Å². The first kappa shape index (κ1) is 15.8. The largest absolute Gasteiger partial charge is 0.397 e. The summed E-state index contributed by atoms with van der Waals surface area (Å²) in [6, 6.07) is 4.50. The van der Waals surface area contributed by atoms with E-state index < -0.39 is 5.82 Å². The average Bonchev–Trinajstić information content (AvgIpc) is 2.67. The second-order valence-corrected chi connectivity index (χ2v) is 5.66. The molecule has 1 saturated heterocycles. The van der Waals surface area contributed by atoms with Gasteiger partial charge in [-0.05, 0) is 44.0 Å². The zero-order valence-corrected chi connectivity index (χ0v) is 12.6. The monoisotopic (exact) mass is 293 g/mol. The molecule has 2 rings (SSSR count). The summed E-state index contributed by atoms with van der Waals surface area (Å²) in [4.78, 5) is 14.4. The summed E-state index contributed by atoms with van der Waals surface area (Å²) in [6.07, 6.45) is 5.83. The van der Waals surface area contributed by atoms with Crippen LogP contribution in [0.4, 0.5) is 15.8 Å². The van der Waals surface area contributed by atoms with Crippen LogP contribution in [0.15, 0.2) is 18.2 Å². The molecule has 4 nitrogen and oxygen atoms in total. The molecule has 1 aliphatic rings. The van der Waals surface area contributed by atoms with Gasteiger partial charge in [-0.2, -0.15) is 0 Å². The van der Waals surface area contributed by atoms with Crippen LogP contribution in [0.25, 0.3) is 0 Å². The van der Waals surface area contributed by atoms with Gasteiger partial charge in [0.15, 0.2) is 0 Å². The number of nitrogens with one attached hydrogen (secondary N) is 1. The van der Waals surface area contributed by atoms with Crippen molar-refractivity contribution in [2.24, 2.45) is 0 Å². The molecule has 0 radical (unpaired) electrons. The number of carbonyl (C=O) groups is 1. The lowest BCUT2D eigenvalue weighted by atomic mass is 10.1. The van der Waals surface area contributed by atoms with Gasteiger partial charge in [0.2, 0.25) is 5.91 Å². The van der Waals surface area contributed by atoms with E-state index in [1.165, 1.54) is 31.0 Å². The summed E-state index contributed by atoms with van der Waals surface area (Å²) >= 11 is 0. The Morgan fingerprint density at radius 2 is 2.24 bits per heavy atom. The highest BCUT2D eigenvalue weighted by Crippen LogP contribution is 2.21. The number of hydrogen-bond donors (Lipinski definition) is 2. The van der Waals surface area contributed by atoms with Crippen molar-refractivity contribution in [2.75, 3.05) is 24.1 Å². The molecule has 1 aromatic carbocycles. The molecule has 0 aromatic heterocycles. The second kappa shape index (κ2) is 7.41. The van der Waals surface area contributed by atoms with Gasteiger partial charge in [-0.15, -0.1) is 0 Å². The number of nitrogens with two attached hydrogens (primary N) is 1. The van der Waals surface area contributed by atoms with Gasteiger partial charge in [-0.25, -0.2) is 4.39 Å². The molecule has 0 saturated carbocycles. The molecular weight excluding hydrogens is 269 g/mol. The minimum Gasteiger partial charge on any atom is -0.397 e. The zero-order chi connectivity index (χ0) is 15.2. The molecule has 1 unspecified atom stereocenters. The molecule has 0 bridgehead atoms. The molecule has 0 spiro atoms. The Labute approximate surface area is 125 Å². The summed E-state index contributed by atoms with van der Waals surface area (Å²) in [5.41, 5.74) is 6.44. The van der Waals surface area contributed by atoms with Gasteiger partial charge in [-0.3, -0.25) is 9.69 Å². The van der Waals surface area contributed by atoms with Crippen LogP contribution in [0.3, 0.4) is 0 Å². The van der Waals surface area contributed by atoms with E-state index in [1.807, 2.05) is 0 Å². The summed E-state index contributed by atoms with van der Waals surface area (Å²) in [5.74, 6) is -0.488. The normalized spacial score (nSPS) is 20.0. The van der Waals surface area contributed by atoms with E-state index in [0.717, 1.165) is 25.8 Å². The van der Waals surface area contributed by atoms with Crippen molar-refractivity contribution in [3.8, 4) is 0 Å². The highest BCUT2D eigenvalue weighted by atomic mass is 19.1. The number of halogens is 1. The number of anilines is 2. The SMILES string of the molecule is CCC1CCCCCN1CC(=O)Nc1ccc(F)cc1N. The van der Waals surface area contributed by atoms with Crippen LogP contribution in [0, 0.1) is 5.82 Å². The van der Waals surface area contributed by atoms with E-state index >= 15 is 0 Å². The Bertz CT molecular complexity index is 492. The van der Waals surface area contributed by atoms with Crippen LogP contribution in [-0.4, -0.2) is 29.9 Å². The van der Waals surface area contributed by atoms with Crippen LogP contribution in [0.1, 0.15) is 39.0 Å². The molecule has 1 heterocycles. The Hall–Kier alpha value is -1.62. The predicted molar refractivity (Wildman–Crippen MR) is 83.6 cm³/mol. The number of nitrogen functional groups attached to an aromatic ring is 1. The predicted octanol–water partition coefficient (Wildman–Crippen LogP) is 3.00. The van der Waals surface area contributed by atoms with Crippen molar-refractivity contribution in [1.29, 1.82) is 0 Å². The quantitative estimate of drug-likeness (QED) is 0.839. The first-order chi connectivity index (χ1) is 10.1. The number of hydrogen-bond acceptors (Lipinski definition) is 3. The van der Waals surface area contributed by atoms with Crippen molar-refractivity contribution in [3.05, 3.63) is 24.0 Å². The summed E-state index contributed by atoms with van der Waals surface area (Å²) in [7, 11) is 0. The number of nitrogens with zero attached hydrogens (tertiary/aromatic N) is 1. The fraction of sp³-hybridized carbons (Fsp3) is 0.562. The van der Waals surface area contributed by atoms with Gasteiger partial charge < -0.3 is 11.1 Å². The summed E-state index contributed by atoms with van der Waals surface area (Å²) < 4.78 is 13.0. The van der Waals surface area contributed by atoms with Gasteiger partial charge >= 0.3 is 0 Å². The van der Waals surface area contributed by atoms with E-state index in [4.69, 9.17) is 5.73 Å². The maximum absolute atomic E-state index is 13.0. The summed E-state index contributed by atoms with van der Waals surface area (Å²) in [6.45, 7) is 3.50. The lowest BCUT2D eigenvalue weighted by Gasteiger charge is -2.28. The number of carbonyl (C=O) groups excluding carboxylic acids is 1. The third-order valence-electron chi connectivity index (χ3n) is 4.10. The van der Waals surface area contributed by atoms with Crippen molar-refractivity contribution < 1.29 is 9.18 Å². The number of amides is 1. The van der Waals surface area contributed by atoms with Gasteiger partial charge in [0.05, 0.1) is 17.9 Å². The van der Waals surface area contributed by atoms with Crippen LogP contribution in [0.5, 0.6) is 0 Å². The van der Waals surface area contributed by atoms with E-state index in [1.54, 1.807) is 0 Å². The minimum absolute atomic E-state index is 0.0892. The highest BCUT2D eigenvalue weighted by Gasteiger charge is 2.21. The number of rotatable bonds is 4. The van der Waals surface area contributed by atoms with Crippen molar-refractivity contribution in [1.82, 2.24) is 4.90 Å². The Kier molecular flexibility index (Phi) is 5.56. The zero-order valence-electron chi connectivity index (χ0n) is 12.6. The molecule has 116 valence electrons. The lowest BCUT2D eigenvalue weighted by Crippen LogP contribution is -2.40. The molecule has 1 amide bonds. The molecule has 0 aliphatic carbocycles. The third kappa shape index (κ3) is 4.43.